The topological polar surface area (TPSA) is 78.4 Å². The average molecular weight is 613 g/mol. The number of nitrogens with zero attached hydrogens (tertiary/aromatic N) is 1. The van der Waals surface area contributed by atoms with Crippen LogP contribution >= 0.6 is 11.6 Å². The molecule has 0 spiro atoms. The summed E-state index contributed by atoms with van der Waals surface area (Å²) >= 11 is 6.51. The van der Waals surface area contributed by atoms with Crippen LogP contribution in [0.15, 0.2) is 90.0 Å². The molecule has 1 N–H and O–H groups in total. The van der Waals surface area contributed by atoms with E-state index in [1.165, 1.54) is 12.3 Å². The smallest absolute Gasteiger partial charge is 0.416 e. The first kappa shape index (κ1) is 31.2. The summed E-state index contributed by atoms with van der Waals surface area (Å²) in [5.74, 6) is 0.983. The molecule has 7 nitrogen and oxygen atoms in total. The van der Waals surface area contributed by atoms with Crippen molar-refractivity contribution in [2.45, 2.75) is 26.3 Å². The second kappa shape index (κ2) is 14.5. The number of benzene rings is 4. The molecule has 0 fully saturated rings. The number of hydrogen-bond acceptors (Lipinski definition) is 6. The van der Waals surface area contributed by atoms with Gasteiger partial charge in [-0.05, 0) is 66.1 Å². The van der Waals surface area contributed by atoms with Gasteiger partial charge in [0.15, 0.2) is 23.0 Å². The van der Waals surface area contributed by atoms with Crippen LogP contribution in [0.5, 0.6) is 23.0 Å². The van der Waals surface area contributed by atoms with Crippen molar-refractivity contribution < 1.29 is 36.9 Å². The Morgan fingerprint density at radius 3 is 2.35 bits per heavy atom. The van der Waals surface area contributed by atoms with Crippen LogP contribution in [0.1, 0.15) is 39.5 Å². The highest BCUT2D eigenvalue weighted by atomic mass is 35.5. The van der Waals surface area contributed by atoms with Gasteiger partial charge in [0.2, 0.25) is 0 Å². The maximum Gasteiger partial charge on any atom is 0.416 e. The number of hydrazone groups is 1. The van der Waals surface area contributed by atoms with Crippen molar-refractivity contribution >= 4 is 23.7 Å². The predicted octanol–water partition coefficient (Wildman–Crippen LogP) is 7.69. The molecular weight excluding hydrogens is 585 g/mol. The van der Waals surface area contributed by atoms with Crippen molar-refractivity contribution in [2.24, 2.45) is 5.10 Å². The van der Waals surface area contributed by atoms with E-state index in [2.05, 4.69) is 10.5 Å². The molecule has 4 rings (SSSR count). The number of halogens is 4. The van der Waals surface area contributed by atoms with Gasteiger partial charge in [-0.2, -0.15) is 18.3 Å². The summed E-state index contributed by atoms with van der Waals surface area (Å²) in [5.41, 5.74) is 3.39. The fourth-order valence-corrected chi connectivity index (χ4v) is 4.22. The SMILES string of the molecule is CCOc1cc(/C=N/NC(=O)c2cccc(C(F)(F)F)c2)cc(Cl)c1OCc1ccc(OCc2ccccc2)c(OC)c1. The number of carbonyl (C=O) groups is 1. The zero-order valence-corrected chi connectivity index (χ0v) is 24.0. The fraction of sp³-hybridized carbons (Fsp3) is 0.188. The molecule has 11 heteroatoms. The molecule has 0 heterocycles. The van der Waals surface area contributed by atoms with Gasteiger partial charge in [0.1, 0.15) is 13.2 Å². The van der Waals surface area contributed by atoms with Gasteiger partial charge in [-0.3, -0.25) is 4.79 Å². The number of amides is 1. The molecule has 0 aromatic heterocycles. The van der Waals surface area contributed by atoms with E-state index in [4.69, 9.17) is 30.5 Å². The minimum absolute atomic E-state index is 0.148. The summed E-state index contributed by atoms with van der Waals surface area (Å²) in [4.78, 5) is 12.3. The first-order valence-corrected chi connectivity index (χ1v) is 13.5. The van der Waals surface area contributed by atoms with Gasteiger partial charge in [-0.1, -0.05) is 54.1 Å². The minimum atomic E-state index is -4.57. The molecule has 0 saturated heterocycles. The van der Waals surface area contributed by atoms with Crippen molar-refractivity contribution in [3.63, 3.8) is 0 Å². The lowest BCUT2D eigenvalue weighted by Gasteiger charge is -2.16. The summed E-state index contributed by atoms with van der Waals surface area (Å²) < 4.78 is 62.0. The van der Waals surface area contributed by atoms with E-state index < -0.39 is 17.6 Å². The third-order valence-corrected chi connectivity index (χ3v) is 6.29. The molecule has 0 unspecified atom stereocenters. The number of nitrogens with one attached hydrogen (secondary N) is 1. The molecule has 4 aromatic carbocycles. The molecule has 0 radical (unpaired) electrons. The average Bonchev–Trinajstić information content (AvgIpc) is 3.00. The number of carbonyl (C=O) groups excluding carboxylic acids is 1. The van der Waals surface area contributed by atoms with Gasteiger partial charge >= 0.3 is 6.18 Å². The highest BCUT2D eigenvalue weighted by molar-refractivity contribution is 6.32. The Balaban J connectivity index is 1.42. The van der Waals surface area contributed by atoms with E-state index in [9.17, 15) is 18.0 Å². The molecule has 0 aliphatic carbocycles. The zero-order chi connectivity index (χ0) is 30.8. The van der Waals surface area contributed by atoms with Crippen LogP contribution in [0.25, 0.3) is 0 Å². The summed E-state index contributed by atoms with van der Waals surface area (Å²) in [6.07, 6.45) is -3.27. The molecule has 1 amide bonds. The molecule has 4 aromatic rings. The maximum atomic E-state index is 13.0. The second-order valence-electron chi connectivity index (χ2n) is 9.09. The van der Waals surface area contributed by atoms with Crippen LogP contribution in [0.3, 0.4) is 0 Å². The Bertz CT molecular complexity index is 1580. The van der Waals surface area contributed by atoms with Crippen LogP contribution in [0.2, 0.25) is 5.02 Å². The number of ether oxygens (including phenoxy) is 4. The first-order chi connectivity index (χ1) is 20.7. The normalized spacial score (nSPS) is 11.3. The Hall–Kier alpha value is -4.70. The molecule has 0 atom stereocenters. The fourth-order valence-electron chi connectivity index (χ4n) is 3.94. The van der Waals surface area contributed by atoms with E-state index in [-0.39, 0.29) is 17.2 Å². The molecule has 224 valence electrons. The summed E-state index contributed by atoms with van der Waals surface area (Å²) in [7, 11) is 1.56. The van der Waals surface area contributed by atoms with Crippen molar-refractivity contribution in [1.29, 1.82) is 0 Å². The first-order valence-electron chi connectivity index (χ1n) is 13.1. The Morgan fingerprint density at radius 1 is 0.860 bits per heavy atom. The van der Waals surface area contributed by atoms with Crippen molar-refractivity contribution in [3.8, 4) is 23.0 Å². The number of alkyl halides is 3. The monoisotopic (exact) mass is 612 g/mol. The second-order valence-corrected chi connectivity index (χ2v) is 9.50. The lowest BCUT2D eigenvalue weighted by molar-refractivity contribution is -0.137. The van der Waals surface area contributed by atoms with Crippen LogP contribution in [0.4, 0.5) is 13.2 Å². The highest BCUT2D eigenvalue weighted by Crippen LogP contribution is 2.37. The van der Waals surface area contributed by atoms with Gasteiger partial charge in [-0.25, -0.2) is 5.43 Å². The van der Waals surface area contributed by atoms with Crippen LogP contribution in [0, 0.1) is 0 Å². The summed E-state index contributed by atoms with van der Waals surface area (Å²) in [5, 5.41) is 4.08. The number of rotatable bonds is 12. The number of hydrogen-bond donors (Lipinski definition) is 1. The molecule has 0 aliphatic rings. The molecule has 43 heavy (non-hydrogen) atoms. The van der Waals surface area contributed by atoms with E-state index in [1.54, 1.807) is 32.2 Å². The van der Waals surface area contributed by atoms with Crippen molar-refractivity contribution in [1.82, 2.24) is 5.43 Å². The van der Waals surface area contributed by atoms with Crippen LogP contribution < -0.4 is 24.4 Å². The largest absolute Gasteiger partial charge is 0.493 e. The highest BCUT2D eigenvalue weighted by Gasteiger charge is 2.30. The molecule has 0 bridgehead atoms. The van der Waals surface area contributed by atoms with Crippen molar-refractivity contribution in [2.75, 3.05) is 13.7 Å². The maximum absolute atomic E-state index is 13.0. The standard InChI is InChI=1S/C32H28ClF3N2O5/c1-3-41-29-16-23(18-37-38-31(39)24-10-7-11-25(17-24)32(34,35)36)14-26(33)30(29)43-20-22-12-13-27(28(15-22)40-2)42-19-21-8-5-4-6-9-21/h4-18H,3,19-20H2,1-2H3,(H,38,39)/b37-18+. The van der Waals surface area contributed by atoms with Crippen molar-refractivity contribution in [3.05, 3.63) is 118 Å². The van der Waals surface area contributed by atoms with Crippen LogP contribution in [-0.4, -0.2) is 25.8 Å². The molecule has 0 saturated carbocycles. The number of methoxy groups -OCH3 is 1. The van der Waals surface area contributed by atoms with E-state index >= 15 is 0 Å². The van der Waals surface area contributed by atoms with Gasteiger partial charge in [0.05, 0.1) is 30.5 Å². The lowest BCUT2D eigenvalue weighted by Crippen LogP contribution is -2.18. The third-order valence-electron chi connectivity index (χ3n) is 6.01. The van der Waals surface area contributed by atoms with E-state index in [1.807, 2.05) is 42.5 Å². The molecular formula is C32H28ClF3N2O5. The summed E-state index contributed by atoms with van der Waals surface area (Å²) in [6, 6.07) is 22.5. The van der Waals surface area contributed by atoms with E-state index in [0.717, 1.165) is 29.3 Å². The lowest BCUT2D eigenvalue weighted by atomic mass is 10.1. The third kappa shape index (κ3) is 8.65. The quantitative estimate of drug-likeness (QED) is 0.131. The predicted molar refractivity (Wildman–Crippen MR) is 157 cm³/mol. The van der Waals surface area contributed by atoms with Gasteiger partial charge in [0, 0.05) is 5.56 Å². The van der Waals surface area contributed by atoms with E-state index in [0.29, 0.717) is 41.8 Å². The Kier molecular flexibility index (Phi) is 10.5. The Labute approximate surface area is 251 Å². The zero-order valence-electron chi connectivity index (χ0n) is 23.3. The van der Waals surface area contributed by atoms with Gasteiger partial charge in [0.25, 0.3) is 5.91 Å². The summed E-state index contributed by atoms with van der Waals surface area (Å²) in [6.45, 7) is 2.66. The van der Waals surface area contributed by atoms with Gasteiger partial charge < -0.3 is 18.9 Å². The minimum Gasteiger partial charge on any atom is -0.493 e. The van der Waals surface area contributed by atoms with Gasteiger partial charge in [-0.15, -0.1) is 0 Å². The Morgan fingerprint density at radius 2 is 1.63 bits per heavy atom. The molecule has 0 aliphatic heterocycles. The van der Waals surface area contributed by atoms with Crippen LogP contribution in [-0.2, 0) is 19.4 Å².